The highest BCUT2D eigenvalue weighted by Gasteiger charge is 1.87. The number of hydrogen-bond donors (Lipinski definition) is 0. The summed E-state index contributed by atoms with van der Waals surface area (Å²) in [6.07, 6.45) is 21.7. The van der Waals surface area contributed by atoms with Crippen molar-refractivity contribution in [3.05, 3.63) is 118 Å². The number of hydrogen-bond acceptors (Lipinski definition) is 0. The van der Waals surface area contributed by atoms with Gasteiger partial charge in [0.25, 0.3) is 0 Å². The smallest absolute Gasteiger partial charge is 0.0408 e. The summed E-state index contributed by atoms with van der Waals surface area (Å²) in [6.45, 7) is 12.5. The summed E-state index contributed by atoms with van der Waals surface area (Å²) in [7, 11) is 0. The standard InChI is InChI=1S/C13H20.C7H7Cl.C7H8.C2H2/c1-5-7-8-9-10-13(6-2)11-12(3)4;1-6-3-2-4-7(8)5-6;1-7-5-3-2-4-6-7;1-2/h5-9,11H,10H2,1-4H3;2-5H,1H3;2-6H,1H3;1-2H/b7-5-,9-8-,13-6-;;;. The van der Waals surface area contributed by atoms with E-state index in [1.807, 2.05) is 62.4 Å². The molecule has 0 heterocycles. The minimum atomic E-state index is 0.810. The molecule has 0 amide bonds. The molecule has 0 aliphatic heterocycles. The first-order valence-electron chi connectivity index (χ1n) is 10.0. The number of aryl methyl sites for hydroxylation is 2. The normalized spacial score (nSPS) is 10.1. The van der Waals surface area contributed by atoms with E-state index in [0.29, 0.717) is 0 Å². The average Bonchev–Trinajstić information content (AvgIpc) is 2.73. The Labute approximate surface area is 190 Å². The van der Waals surface area contributed by atoms with Gasteiger partial charge >= 0.3 is 0 Å². The molecule has 0 unspecified atom stereocenters. The predicted molar refractivity (Wildman–Crippen MR) is 139 cm³/mol. The highest BCUT2D eigenvalue weighted by molar-refractivity contribution is 6.30. The van der Waals surface area contributed by atoms with Gasteiger partial charge in [-0.25, -0.2) is 0 Å². The molecular weight excluding hydrogens is 384 g/mol. The van der Waals surface area contributed by atoms with Gasteiger partial charge in [0.05, 0.1) is 0 Å². The SMILES string of the molecule is C#C.C/C=C\C=C/C/C(C=C(C)C)=C/C.Cc1cccc(Cl)c1.Cc1ccccc1. The van der Waals surface area contributed by atoms with Crippen LogP contribution < -0.4 is 0 Å². The Bertz CT molecular complexity index is 781. The third-order valence-corrected chi connectivity index (χ3v) is 3.79. The zero-order chi connectivity index (χ0) is 23.2. The molecule has 0 radical (unpaired) electrons. The van der Waals surface area contributed by atoms with Crippen LogP contribution in [0, 0.1) is 26.7 Å². The Kier molecular flexibility index (Phi) is 20.6. The lowest BCUT2D eigenvalue weighted by molar-refractivity contribution is 1.24. The van der Waals surface area contributed by atoms with Crippen molar-refractivity contribution < 1.29 is 0 Å². The summed E-state index contributed by atoms with van der Waals surface area (Å²) in [5.74, 6) is 0. The van der Waals surface area contributed by atoms with Crippen LogP contribution in [0.4, 0.5) is 0 Å². The van der Waals surface area contributed by atoms with Crippen LogP contribution in [0.1, 0.15) is 45.2 Å². The van der Waals surface area contributed by atoms with Crippen LogP contribution in [0.5, 0.6) is 0 Å². The largest absolute Gasteiger partial charge is 0.124 e. The fourth-order valence-corrected chi connectivity index (χ4v) is 2.41. The maximum absolute atomic E-state index is 5.64. The van der Waals surface area contributed by atoms with Gasteiger partial charge in [0, 0.05) is 5.02 Å². The Morgan fingerprint density at radius 3 is 1.83 bits per heavy atom. The van der Waals surface area contributed by atoms with Gasteiger partial charge < -0.3 is 0 Å². The number of halogens is 1. The number of allylic oxidation sites excluding steroid dienone is 8. The van der Waals surface area contributed by atoms with Gasteiger partial charge in [-0.2, -0.15) is 0 Å². The minimum absolute atomic E-state index is 0.810. The van der Waals surface area contributed by atoms with Gasteiger partial charge in [0.15, 0.2) is 0 Å². The molecule has 0 aromatic heterocycles. The van der Waals surface area contributed by atoms with Crippen molar-refractivity contribution in [3.63, 3.8) is 0 Å². The lowest BCUT2D eigenvalue weighted by Gasteiger charge is -1.96. The Morgan fingerprint density at radius 1 is 0.867 bits per heavy atom. The van der Waals surface area contributed by atoms with Crippen molar-refractivity contribution in [1.29, 1.82) is 0 Å². The van der Waals surface area contributed by atoms with Gasteiger partial charge in [0.2, 0.25) is 0 Å². The minimum Gasteiger partial charge on any atom is -0.124 e. The number of benzene rings is 2. The lowest BCUT2D eigenvalue weighted by atomic mass is 10.1. The quantitative estimate of drug-likeness (QED) is 0.341. The fraction of sp³-hybridized carbons (Fsp3) is 0.241. The van der Waals surface area contributed by atoms with Crippen molar-refractivity contribution in [2.24, 2.45) is 0 Å². The van der Waals surface area contributed by atoms with Crippen LogP contribution in [0.3, 0.4) is 0 Å². The van der Waals surface area contributed by atoms with Crippen LogP contribution in [0.2, 0.25) is 5.02 Å². The van der Waals surface area contributed by atoms with Gasteiger partial charge in [-0.3, -0.25) is 0 Å². The summed E-state index contributed by atoms with van der Waals surface area (Å²) in [4.78, 5) is 0. The molecule has 2 aromatic carbocycles. The van der Waals surface area contributed by atoms with E-state index in [0.717, 1.165) is 11.4 Å². The first-order valence-corrected chi connectivity index (χ1v) is 10.4. The monoisotopic (exact) mass is 420 g/mol. The molecule has 2 aromatic rings. The van der Waals surface area contributed by atoms with Crippen LogP contribution in [-0.4, -0.2) is 0 Å². The predicted octanol–water partition coefficient (Wildman–Crippen LogP) is 9.31. The second-order valence-corrected chi connectivity index (χ2v) is 7.13. The van der Waals surface area contributed by atoms with Crippen molar-refractivity contribution >= 4 is 11.6 Å². The molecule has 0 atom stereocenters. The van der Waals surface area contributed by atoms with E-state index in [-0.39, 0.29) is 0 Å². The van der Waals surface area contributed by atoms with Crippen LogP contribution in [0.25, 0.3) is 0 Å². The molecule has 160 valence electrons. The molecule has 0 nitrogen and oxygen atoms in total. The average molecular weight is 421 g/mol. The maximum atomic E-state index is 5.64. The zero-order valence-electron chi connectivity index (χ0n) is 19.4. The molecular formula is C29H37Cl. The Morgan fingerprint density at radius 2 is 1.47 bits per heavy atom. The van der Waals surface area contributed by atoms with E-state index in [1.54, 1.807) is 0 Å². The summed E-state index contributed by atoms with van der Waals surface area (Å²) < 4.78 is 0. The lowest BCUT2D eigenvalue weighted by Crippen LogP contribution is -1.76. The Balaban J connectivity index is 0. The first kappa shape index (κ1) is 29.5. The van der Waals surface area contributed by atoms with E-state index in [1.165, 1.54) is 22.3 Å². The molecule has 0 N–H and O–H groups in total. The maximum Gasteiger partial charge on any atom is 0.0408 e. The summed E-state index contributed by atoms with van der Waals surface area (Å²) in [6, 6.07) is 18.0. The van der Waals surface area contributed by atoms with Crippen LogP contribution >= 0.6 is 11.6 Å². The molecule has 30 heavy (non-hydrogen) atoms. The summed E-state index contributed by atoms with van der Waals surface area (Å²) in [5.41, 5.74) is 5.26. The molecule has 0 saturated heterocycles. The van der Waals surface area contributed by atoms with E-state index in [4.69, 9.17) is 11.6 Å². The van der Waals surface area contributed by atoms with Gasteiger partial charge in [-0.05, 0) is 71.2 Å². The fourth-order valence-electron chi connectivity index (χ4n) is 2.16. The third kappa shape index (κ3) is 20.0. The van der Waals surface area contributed by atoms with E-state index >= 15 is 0 Å². The molecule has 1 heteroatoms. The molecule has 0 bridgehead atoms. The number of rotatable bonds is 4. The van der Waals surface area contributed by atoms with Crippen molar-refractivity contribution in [2.75, 3.05) is 0 Å². The molecule has 0 aliphatic carbocycles. The molecule has 0 spiro atoms. The summed E-state index contributed by atoms with van der Waals surface area (Å²) >= 11 is 5.64. The Hall–Kier alpha value is -2.75. The van der Waals surface area contributed by atoms with Crippen molar-refractivity contribution in [1.82, 2.24) is 0 Å². The van der Waals surface area contributed by atoms with Crippen molar-refractivity contribution in [3.8, 4) is 12.8 Å². The van der Waals surface area contributed by atoms with Gasteiger partial charge in [-0.15, -0.1) is 12.8 Å². The third-order valence-electron chi connectivity index (χ3n) is 3.56. The first-order chi connectivity index (χ1) is 14.4. The van der Waals surface area contributed by atoms with Crippen molar-refractivity contribution in [2.45, 2.75) is 48.0 Å². The van der Waals surface area contributed by atoms with E-state index < -0.39 is 0 Å². The molecule has 0 aliphatic rings. The van der Waals surface area contributed by atoms with Crippen LogP contribution in [-0.2, 0) is 0 Å². The second kappa shape index (κ2) is 21.0. The van der Waals surface area contributed by atoms with Gasteiger partial charge in [-0.1, -0.05) is 102 Å². The van der Waals surface area contributed by atoms with Gasteiger partial charge in [0.1, 0.15) is 0 Å². The highest BCUT2D eigenvalue weighted by atomic mass is 35.5. The number of terminal acetylenes is 1. The second-order valence-electron chi connectivity index (χ2n) is 6.70. The zero-order valence-corrected chi connectivity index (χ0v) is 20.2. The molecule has 0 saturated carbocycles. The molecule has 0 fully saturated rings. The van der Waals surface area contributed by atoms with E-state index in [2.05, 4.69) is 83.1 Å². The van der Waals surface area contributed by atoms with E-state index in [9.17, 15) is 0 Å². The molecule has 2 rings (SSSR count). The topological polar surface area (TPSA) is 0 Å². The van der Waals surface area contributed by atoms with Crippen LogP contribution in [0.15, 0.2) is 102 Å². The highest BCUT2D eigenvalue weighted by Crippen LogP contribution is 2.08. The summed E-state index contributed by atoms with van der Waals surface area (Å²) in [5, 5.41) is 0.810.